The van der Waals surface area contributed by atoms with Crippen LogP contribution >= 0.6 is 0 Å². The van der Waals surface area contributed by atoms with Crippen LogP contribution in [0.2, 0.25) is 0 Å². The van der Waals surface area contributed by atoms with Gasteiger partial charge in [-0.3, -0.25) is 0 Å². The van der Waals surface area contributed by atoms with Gasteiger partial charge in [0, 0.05) is 11.6 Å². The van der Waals surface area contributed by atoms with Crippen LogP contribution in [0.25, 0.3) is 10.8 Å². The van der Waals surface area contributed by atoms with Crippen LogP contribution in [0, 0.1) is 11.3 Å². The van der Waals surface area contributed by atoms with Crippen molar-refractivity contribution in [3.05, 3.63) is 113 Å². The highest BCUT2D eigenvalue weighted by atomic mass is 16.5. The summed E-state index contributed by atoms with van der Waals surface area (Å²) >= 11 is 0. The molecule has 6 nitrogen and oxygen atoms in total. The fraction of sp³-hybridized carbons (Fsp3) is 0.133. The Kier molecular flexibility index (Phi) is 6.29. The van der Waals surface area contributed by atoms with Crippen molar-refractivity contribution in [3.8, 4) is 23.3 Å². The molecule has 4 aromatic rings. The van der Waals surface area contributed by atoms with Gasteiger partial charge >= 0.3 is 5.97 Å². The van der Waals surface area contributed by atoms with Gasteiger partial charge in [-0.1, -0.05) is 61.5 Å². The largest absolute Gasteiger partial charge is 0.494 e. The minimum Gasteiger partial charge on any atom is -0.494 e. The lowest BCUT2D eigenvalue weighted by Gasteiger charge is -2.27. The topological polar surface area (TPSA) is 94.6 Å². The smallest absolute Gasteiger partial charge is 0.344 e. The summed E-state index contributed by atoms with van der Waals surface area (Å²) in [6.45, 7) is 2.64. The maximum absolute atomic E-state index is 13.0. The molecule has 5 rings (SSSR count). The van der Waals surface area contributed by atoms with Gasteiger partial charge in [0.25, 0.3) is 0 Å². The lowest BCUT2D eigenvalue weighted by molar-refractivity contribution is 0.0736. The third-order valence-electron chi connectivity index (χ3n) is 6.07. The maximum Gasteiger partial charge on any atom is 0.344 e. The molecule has 1 atom stereocenters. The molecule has 6 heteroatoms. The molecular formula is C30H24N2O4. The summed E-state index contributed by atoms with van der Waals surface area (Å²) in [5, 5.41) is 11.6. The molecule has 0 fully saturated rings. The van der Waals surface area contributed by atoms with E-state index in [-0.39, 0.29) is 5.88 Å². The average molecular weight is 477 g/mol. The molecule has 178 valence electrons. The number of fused-ring (bicyclic) bond motifs is 2. The Balaban J connectivity index is 1.48. The van der Waals surface area contributed by atoms with Crippen LogP contribution in [0.15, 0.2) is 96.4 Å². The number of ether oxygens (including phenoxy) is 3. The van der Waals surface area contributed by atoms with Gasteiger partial charge in [-0.2, -0.15) is 5.26 Å². The number of hydrogen-bond acceptors (Lipinski definition) is 6. The van der Waals surface area contributed by atoms with Crippen molar-refractivity contribution in [2.24, 2.45) is 5.73 Å². The summed E-state index contributed by atoms with van der Waals surface area (Å²) < 4.78 is 17.3. The van der Waals surface area contributed by atoms with Crippen molar-refractivity contribution >= 4 is 16.7 Å². The lowest BCUT2D eigenvalue weighted by Crippen LogP contribution is -2.21. The zero-order valence-corrected chi connectivity index (χ0v) is 19.7. The monoisotopic (exact) mass is 476 g/mol. The second-order valence-corrected chi connectivity index (χ2v) is 8.46. The van der Waals surface area contributed by atoms with E-state index in [2.05, 4.69) is 6.07 Å². The molecule has 0 saturated heterocycles. The highest BCUT2D eigenvalue weighted by molar-refractivity contribution is 6.05. The SMILES string of the molecule is CCCOc1cccc(C2C(C#N)=C(N)Oc3cc(OC(=O)c4cccc5ccccc45)ccc32)c1. The van der Waals surface area contributed by atoms with Crippen molar-refractivity contribution in [1.29, 1.82) is 5.26 Å². The number of carbonyl (C=O) groups is 1. The second-order valence-electron chi connectivity index (χ2n) is 8.46. The number of nitrogens with two attached hydrogens (primary N) is 1. The van der Waals surface area contributed by atoms with Crippen LogP contribution in [-0.2, 0) is 0 Å². The van der Waals surface area contributed by atoms with E-state index in [4.69, 9.17) is 19.9 Å². The van der Waals surface area contributed by atoms with E-state index >= 15 is 0 Å². The number of carbonyl (C=O) groups excluding carboxylic acids is 1. The summed E-state index contributed by atoms with van der Waals surface area (Å²) in [6, 6.07) is 28.1. The van der Waals surface area contributed by atoms with Gasteiger partial charge < -0.3 is 19.9 Å². The van der Waals surface area contributed by atoms with Crippen molar-refractivity contribution in [2.45, 2.75) is 19.3 Å². The molecule has 0 amide bonds. The van der Waals surface area contributed by atoms with Crippen LogP contribution in [0.3, 0.4) is 0 Å². The Hall–Kier alpha value is -4.76. The molecule has 1 unspecified atom stereocenters. The summed E-state index contributed by atoms with van der Waals surface area (Å²) in [7, 11) is 0. The van der Waals surface area contributed by atoms with E-state index in [9.17, 15) is 10.1 Å². The summed E-state index contributed by atoms with van der Waals surface area (Å²) in [5.41, 5.74) is 8.54. The summed E-state index contributed by atoms with van der Waals surface area (Å²) in [6.07, 6.45) is 0.890. The molecule has 0 aliphatic carbocycles. The third-order valence-corrected chi connectivity index (χ3v) is 6.07. The van der Waals surface area contributed by atoms with Gasteiger partial charge in [0.1, 0.15) is 28.9 Å². The van der Waals surface area contributed by atoms with Gasteiger partial charge in [0.2, 0.25) is 5.88 Å². The predicted molar refractivity (Wildman–Crippen MR) is 137 cm³/mol. The molecule has 1 aliphatic heterocycles. The van der Waals surface area contributed by atoms with Crippen LogP contribution in [0.5, 0.6) is 17.2 Å². The first kappa shape index (κ1) is 23.0. The van der Waals surface area contributed by atoms with Crippen LogP contribution < -0.4 is 19.9 Å². The molecule has 1 heterocycles. The predicted octanol–water partition coefficient (Wildman–Crippen LogP) is 6.07. The highest BCUT2D eigenvalue weighted by Gasteiger charge is 2.31. The van der Waals surface area contributed by atoms with Crippen LogP contribution in [0.4, 0.5) is 0 Å². The highest BCUT2D eigenvalue weighted by Crippen LogP contribution is 2.44. The van der Waals surface area contributed by atoms with Gasteiger partial charge in [-0.25, -0.2) is 4.79 Å². The van der Waals surface area contributed by atoms with E-state index in [0.717, 1.165) is 34.1 Å². The van der Waals surface area contributed by atoms with Crippen LogP contribution in [-0.4, -0.2) is 12.6 Å². The quantitative estimate of drug-likeness (QED) is 0.268. The molecular weight excluding hydrogens is 452 g/mol. The van der Waals surface area contributed by atoms with E-state index in [0.29, 0.717) is 29.2 Å². The first-order valence-corrected chi connectivity index (χ1v) is 11.7. The Bertz CT molecular complexity index is 1530. The molecule has 0 radical (unpaired) electrons. The van der Waals surface area contributed by atoms with Gasteiger partial charge in [0.05, 0.1) is 18.1 Å². The summed E-state index contributed by atoms with van der Waals surface area (Å²) in [5.74, 6) is 0.581. The Morgan fingerprint density at radius 3 is 2.64 bits per heavy atom. The molecule has 0 saturated carbocycles. The number of benzene rings is 4. The molecule has 36 heavy (non-hydrogen) atoms. The van der Waals surface area contributed by atoms with Crippen molar-refractivity contribution in [1.82, 2.24) is 0 Å². The number of allylic oxidation sites excluding steroid dienone is 1. The molecule has 4 aromatic carbocycles. The molecule has 2 N–H and O–H groups in total. The van der Waals surface area contributed by atoms with Crippen LogP contribution in [0.1, 0.15) is 40.7 Å². The first-order valence-electron chi connectivity index (χ1n) is 11.7. The minimum absolute atomic E-state index is 0.0207. The third kappa shape index (κ3) is 4.35. The molecule has 0 spiro atoms. The van der Waals surface area contributed by atoms with E-state index in [1.807, 2.05) is 67.6 Å². The Morgan fingerprint density at radius 2 is 1.81 bits per heavy atom. The standard InChI is InChI=1S/C30H24N2O4/c1-2-15-34-21-10-5-9-20(16-21)28-25-14-13-22(17-27(25)36-29(32)26(28)18-31)35-30(33)24-12-6-8-19-7-3-4-11-23(19)24/h3-14,16-17,28H,2,15,32H2,1H3. The molecule has 1 aliphatic rings. The molecule has 0 bridgehead atoms. The second kappa shape index (κ2) is 9.85. The zero-order valence-electron chi connectivity index (χ0n) is 19.7. The minimum atomic E-state index is -0.471. The number of nitrogens with zero attached hydrogens (tertiary/aromatic N) is 1. The number of nitriles is 1. The first-order chi connectivity index (χ1) is 17.6. The Morgan fingerprint density at radius 1 is 1.00 bits per heavy atom. The van der Waals surface area contributed by atoms with Gasteiger partial charge in [0.15, 0.2) is 0 Å². The van der Waals surface area contributed by atoms with Crippen molar-refractivity contribution in [2.75, 3.05) is 6.61 Å². The normalized spacial score (nSPS) is 14.5. The fourth-order valence-corrected chi connectivity index (χ4v) is 4.41. The van der Waals surface area contributed by atoms with Gasteiger partial charge in [-0.15, -0.1) is 0 Å². The van der Waals surface area contributed by atoms with E-state index in [1.165, 1.54) is 0 Å². The van der Waals surface area contributed by atoms with Crippen molar-refractivity contribution < 1.29 is 19.0 Å². The summed E-state index contributed by atoms with van der Waals surface area (Å²) in [4.78, 5) is 13.0. The maximum atomic E-state index is 13.0. The number of esters is 1. The Labute approximate surface area is 209 Å². The number of hydrogen-bond donors (Lipinski definition) is 1. The van der Waals surface area contributed by atoms with Gasteiger partial charge in [-0.05, 0) is 47.0 Å². The average Bonchev–Trinajstić information content (AvgIpc) is 2.90. The fourth-order valence-electron chi connectivity index (χ4n) is 4.41. The zero-order chi connectivity index (χ0) is 25.1. The van der Waals surface area contributed by atoms with Crippen molar-refractivity contribution in [3.63, 3.8) is 0 Å². The van der Waals surface area contributed by atoms with E-state index < -0.39 is 11.9 Å². The molecule has 0 aromatic heterocycles. The number of rotatable bonds is 6. The lowest BCUT2D eigenvalue weighted by atomic mass is 9.83. The van der Waals surface area contributed by atoms with E-state index in [1.54, 1.807) is 24.3 Å².